The molecule has 3 unspecified atom stereocenters. The molecule has 1 aromatic rings. The van der Waals surface area contributed by atoms with Crippen molar-refractivity contribution < 1.29 is 19.0 Å². The van der Waals surface area contributed by atoms with Crippen LogP contribution in [0.1, 0.15) is 50.0 Å². The summed E-state index contributed by atoms with van der Waals surface area (Å²) in [6.07, 6.45) is 4.39. The largest absolute Gasteiger partial charge is 0.461 e. The third-order valence-electron chi connectivity index (χ3n) is 4.60. The van der Waals surface area contributed by atoms with E-state index in [1.165, 1.54) is 17.8 Å². The Morgan fingerprint density at radius 1 is 1.46 bits per heavy atom. The van der Waals surface area contributed by atoms with Gasteiger partial charge in [0.05, 0.1) is 12.7 Å². The lowest BCUT2D eigenvalue weighted by atomic mass is 9.96. The van der Waals surface area contributed by atoms with E-state index in [1.807, 2.05) is 0 Å². The maximum Gasteiger partial charge on any atom is 0.357 e. The molecule has 2 saturated heterocycles. The molecule has 2 aliphatic rings. The van der Waals surface area contributed by atoms with Gasteiger partial charge in [-0.3, -0.25) is 0 Å². The Morgan fingerprint density at radius 3 is 3.08 bits per heavy atom. The Bertz CT molecular complexity index is 544. The summed E-state index contributed by atoms with van der Waals surface area (Å²) in [4.78, 5) is 18.4. The van der Waals surface area contributed by atoms with E-state index in [0.717, 1.165) is 44.1 Å². The van der Waals surface area contributed by atoms with E-state index in [1.54, 1.807) is 12.3 Å². The fourth-order valence-electron chi connectivity index (χ4n) is 3.11. The molecule has 0 aromatic carbocycles. The minimum absolute atomic E-state index is 0.0717. The molecule has 1 aromatic heterocycles. The van der Waals surface area contributed by atoms with E-state index < -0.39 is 0 Å². The third kappa shape index (κ3) is 4.26. The van der Waals surface area contributed by atoms with Crippen molar-refractivity contribution in [3.05, 3.63) is 11.1 Å². The van der Waals surface area contributed by atoms with Crippen LogP contribution >= 0.6 is 11.3 Å². The van der Waals surface area contributed by atoms with E-state index >= 15 is 0 Å². The average Bonchev–Trinajstić information content (AvgIpc) is 3.08. The molecule has 24 heavy (non-hydrogen) atoms. The predicted molar refractivity (Wildman–Crippen MR) is 92.5 cm³/mol. The monoisotopic (exact) mass is 354 g/mol. The highest BCUT2D eigenvalue weighted by molar-refractivity contribution is 7.13. The van der Waals surface area contributed by atoms with Gasteiger partial charge in [-0.1, -0.05) is 6.92 Å². The van der Waals surface area contributed by atoms with Crippen molar-refractivity contribution in [3.8, 4) is 0 Å². The molecule has 3 rings (SSSR count). The van der Waals surface area contributed by atoms with Crippen molar-refractivity contribution >= 4 is 22.4 Å². The number of rotatable bonds is 5. The van der Waals surface area contributed by atoms with Gasteiger partial charge in [-0.15, -0.1) is 11.3 Å². The Hall–Kier alpha value is -1.18. The number of ether oxygens (including phenoxy) is 3. The van der Waals surface area contributed by atoms with Crippen molar-refractivity contribution in [1.29, 1.82) is 0 Å². The van der Waals surface area contributed by atoms with Gasteiger partial charge in [0.2, 0.25) is 0 Å². The lowest BCUT2D eigenvalue weighted by Gasteiger charge is -2.39. The first-order valence-corrected chi connectivity index (χ1v) is 9.70. The predicted octanol–water partition coefficient (Wildman–Crippen LogP) is 3.08. The number of esters is 1. The van der Waals surface area contributed by atoms with Crippen molar-refractivity contribution in [3.63, 3.8) is 0 Å². The Kier molecular flexibility index (Phi) is 6.08. The van der Waals surface area contributed by atoms with Gasteiger partial charge in [0.1, 0.15) is 0 Å². The second kappa shape index (κ2) is 8.27. The summed E-state index contributed by atoms with van der Waals surface area (Å²) in [5.41, 5.74) is 0.392. The van der Waals surface area contributed by atoms with Gasteiger partial charge in [0.25, 0.3) is 0 Å². The van der Waals surface area contributed by atoms with Crippen molar-refractivity contribution in [2.45, 2.75) is 51.9 Å². The van der Waals surface area contributed by atoms with E-state index in [2.05, 4.69) is 16.8 Å². The average molecular weight is 354 g/mol. The Labute approximate surface area is 147 Å². The van der Waals surface area contributed by atoms with Crippen LogP contribution in [-0.4, -0.2) is 49.7 Å². The first-order chi connectivity index (χ1) is 11.7. The first kappa shape index (κ1) is 17.6. The van der Waals surface area contributed by atoms with Crippen LogP contribution in [-0.2, 0) is 14.2 Å². The van der Waals surface area contributed by atoms with Crippen LogP contribution in [0.5, 0.6) is 0 Å². The summed E-state index contributed by atoms with van der Waals surface area (Å²) in [6, 6.07) is 0. The van der Waals surface area contributed by atoms with Gasteiger partial charge < -0.3 is 19.1 Å². The topological polar surface area (TPSA) is 60.9 Å². The Morgan fingerprint density at radius 2 is 2.33 bits per heavy atom. The first-order valence-electron chi connectivity index (χ1n) is 8.82. The van der Waals surface area contributed by atoms with Crippen LogP contribution in [0.15, 0.2) is 5.38 Å². The lowest BCUT2D eigenvalue weighted by molar-refractivity contribution is -0.197. The van der Waals surface area contributed by atoms with Crippen molar-refractivity contribution in [1.82, 2.24) is 4.98 Å². The summed E-state index contributed by atoms with van der Waals surface area (Å²) in [5.74, 6) is 0.144. The van der Waals surface area contributed by atoms with Crippen LogP contribution in [0.3, 0.4) is 0 Å². The highest BCUT2D eigenvalue weighted by atomic mass is 32.1. The summed E-state index contributed by atoms with van der Waals surface area (Å²) < 4.78 is 16.9. The SMILES string of the molecule is CCOC(=O)c1csc(N2CCC(C)C(OC3CCCCO3)C2)n1. The number of anilines is 1. The molecule has 3 heterocycles. The van der Waals surface area contributed by atoms with Crippen molar-refractivity contribution in [2.24, 2.45) is 5.92 Å². The minimum Gasteiger partial charge on any atom is -0.461 e. The number of nitrogens with zero attached hydrogens (tertiary/aromatic N) is 2. The maximum atomic E-state index is 11.8. The number of hydrogen-bond donors (Lipinski definition) is 0. The highest BCUT2D eigenvalue weighted by Gasteiger charge is 2.31. The number of carbonyl (C=O) groups is 1. The highest BCUT2D eigenvalue weighted by Crippen LogP contribution is 2.29. The number of thiazole rings is 1. The molecule has 0 amide bonds. The molecule has 0 spiro atoms. The molecule has 0 aliphatic carbocycles. The Balaban J connectivity index is 1.61. The van der Waals surface area contributed by atoms with E-state index in [0.29, 0.717) is 18.2 Å². The minimum atomic E-state index is -0.353. The smallest absolute Gasteiger partial charge is 0.357 e. The molecular formula is C17H26N2O4S. The molecule has 0 radical (unpaired) electrons. The van der Waals surface area contributed by atoms with E-state index in [-0.39, 0.29) is 18.4 Å². The molecule has 3 atom stereocenters. The number of hydrogen-bond acceptors (Lipinski definition) is 7. The van der Waals surface area contributed by atoms with E-state index in [9.17, 15) is 4.79 Å². The molecule has 134 valence electrons. The van der Waals surface area contributed by atoms with Crippen LogP contribution in [0.2, 0.25) is 0 Å². The zero-order valence-electron chi connectivity index (χ0n) is 14.4. The fourth-order valence-corrected chi connectivity index (χ4v) is 3.94. The number of piperidine rings is 1. The van der Waals surface area contributed by atoms with Gasteiger partial charge >= 0.3 is 5.97 Å². The normalized spacial score (nSPS) is 27.9. The van der Waals surface area contributed by atoms with E-state index in [4.69, 9.17) is 14.2 Å². The molecule has 2 aliphatic heterocycles. The van der Waals surface area contributed by atoms with Crippen LogP contribution in [0.25, 0.3) is 0 Å². The molecule has 0 N–H and O–H groups in total. The fraction of sp³-hybridized carbons (Fsp3) is 0.765. The lowest BCUT2D eigenvalue weighted by Crippen LogP contribution is -2.46. The zero-order chi connectivity index (χ0) is 16.9. The zero-order valence-corrected chi connectivity index (χ0v) is 15.2. The van der Waals surface area contributed by atoms with Gasteiger partial charge in [-0.05, 0) is 38.5 Å². The standard InChI is InChI=1S/C17H26N2O4S/c1-3-21-16(20)13-11-24-17(18-13)19-8-7-12(2)14(10-19)23-15-6-4-5-9-22-15/h11-12,14-15H,3-10H2,1-2H3. The summed E-state index contributed by atoms with van der Waals surface area (Å²) in [5, 5.41) is 2.63. The molecule has 2 fully saturated rings. The summed E-state index contributed by atoms with van der Waals surface area (Å²) in [6.45, 7) is 6.91. The third-order valence-corrected chi connectivity index (χ3v) is 5.50. The molecule has 0 bridgehead atoms. The number of carbonyl (C=O) groups excluding carboxylic acids is 1. The van der Waals surface area contributed by atoms with Crippen LogP contribution in [0, 0.1) is 5.92 Å². The molecule has 7 heteroatoms. The molecule has 0 saturated carbocycles. The van der Waals surface area contributed by atoms with Gasteiger partial charge in [-0.2, -0.15) is 0 Å². The molecular weight excluding hydrogens is 328 g/mol. The quantitative estimate of drug-likeness (QED) is 0.757. The van der Waals surface area contributed by atoms with Crippen LogP contribution < -0.4 is 4.90 Å². The second-order valence-electron chi connectivity index (χ2n) is 6.42. The second-order valence-corrected chi connectivity index (χ2v) is 7.25. The van der Waals surface area contributed by atoms with Gasteiger partial charge in [0.15, 0.2) is 17.1 Å². The van der Waals surface area contributed by atoms with Gasteiger partial charge in [-0.25, -0.2) is 9.78 Å². The summed E-state index contributed by atoms with van der Waals surface area (Å²) >= 11 is 1.49. The van der Waals surface area contributed by atoms with Crippen molar-refractivity contribution in [2.75, 3.05) is 31.2 Å². The summed E-state index contributed by atoms with van der Waals surface area (Å²) in [7, 11) is 0. The number of aromatic nitrogens is 1. The van der Waals surface area contributed by atoms with Crippen LogP contribution in [0.4, 0.5) is 5.13 Å². The van der Waals surface area contributed by atoms with Gasteiger partial charge in [0, 0.05) is 25.1 Å². The maximum absolute atomic E-state index is 11.8. The molecule has 6 nitrogen and oxygen atoms in total.